The fraction of sp³-hybridized carbons (Fsp3) is 0.458. The first kappa shape index (κ1) is 26.4. The van der Waals surface area contributed by atoms with E-state index in [9.17, 15) is 13.5 Å². The van der Waals surface area contributed by atoms with Crippen molar-refractivity contribution in [2.24, 2.45) is 7.05 Å². The maximum Gasteiger partial charge on any atom is 0.267 e. The molecule has 0 unspecified atom stereocenters. The molecule has 3 rings (SSSR count). The topological polar surface area (TPSA) is 128 Å². The van der Waals surface area contributed by atoms with Crippen LogP contribution in [0.5, 0.6) is 11.6 Å². The molecule has 35 heavy (non-hydrogen) atoms. The third-order valence-corrected chi connectivity index (χ3v) is 6.33. The molecule has 1 aromatic carbocycles. The molecule has 0 radical (unpaired) electrons. The molecule has 0 bridgehead atoms. The molecule has 0 aliphatic heterocycles. The Kier molecular flexibility index (Phi) is 8.68. The summed E-state index contributed by atoms with van der Waals surface area (Å²) in [4.78, 5) is 8.60. The number of hydrogen-bond acceptors (Lipinski definition) is 8. The van der Waals surface area contributed by atoms with E-state index in [4.69, 9.17) is 9.47 Å². The predicted molar refractivity (Wildman–Crippen MR) is 133 cm³/mol. The van der Waals surface area contributed by atoms with E-state index in [0.29, 0.717) is 18.7 Å². The minimum Gasteiger partial charge on any atom is -0.494 e. The van der Waals surface area contributed by atoms with Crippen LogP contribution in [0.2, 0.25) is 0 Å². The zero-order chi connectivity index (χ0) is 25.5. The highest BCUT2D eigenvalue weighted by Crippen LogP contribution is 2.26. The zero-order valence-electron chi connectivity index (χ0n) is 20.6. The van der Waals surface area contributed by atoms with Gasteiger partial charge in [-0.2, -0.15) is 10.1 Å². The van der Waals surface area contributed by atoms with Crippen LogP contribution in [0.1, 0.15) is 46.5 Å². The summed E-state index contributed by atoms with van der Waals surface area (Å²) in [7, 11) is -2.32. The highest BCUT2D eigenvalue weighted by atomic mass is 32.2. The van der Waals surface area contributed by atoms with Crippen molar-refractivity contribution < 1.29 is 23.0 Å². The maximum atomic E-state index is 12.8. The fourth-order valence-electron chi connectivity index (χ4n) is 3.08. The summed E-state index contributed by atoms with van der Waals surface area (Å²) in [5, 5.41) is 13.9. The molecule has 0 saturated carbocycles. The normalized spacial score (nSPS) is 11.9. The molecule has 0 aliphatic rings. The lowest BCUT2D eigenvalue weighted by Crippen LogP contribution is -2.22. The second-order valence-electron chi connectivity index (χ2n) is 8.86. The summed E-state index contributed by atoms with van der Waals surface area (Å²) in [6.45, 7) is 6.35. The highest BCUT2D eigenvalue weighted by molar-refractivity contribution is 7.92. The summed E-state index contributed by atoms with van der Waals surface area (Å²) in [5.41, 5.74) is 0.301. The van der Waals surface area contributed by atoms with Gasteiger partial charge in [0.05, 0.1) is 30.7 Å². The Morgan fingerprint density at radius 2 is 1.83 bits per heavy atom. The van der Waals surface area contributed by atoms with Crippen molar-refractivity contribution in [1.82, 2.24) is 19.7 Å². The summed E-state index contributed by atoms with van der Waals surface area (Å²) >= 11 is 0. The molecule has 2 aromatic heterocycles. The van der Waals surface area contributed by atoms with Crippen LogP contribution in [0.15, 0.2) is 47.6 Å². The molecule has 0 spiro atoms. The van der Waals surface area contributed by atoms with Crippen LogP contribution >= 0.6 is 0 Å². The van der Waals surface area contributed by atoms with Gasteiger partial charge in [0.25, 0.3) is 10.0 Å². The number of aliphatic hydroxyl groups is 1. The number of anilines is 1. The van der Waals surface area contributed by atoms with E-state index in [1.807, 2.05) is 24.3 Å². The average molecular weight is 504 g/mol. The number of benzene rings is 1. The summed E-state index contributed by atoms with van der Waals surface area (Å²) in [6, 6.07) is 9.01. The van der Waals surface area contributed by atoms with E-state index in [2.05, 4.69) is 26.7 Å². The Morgan fingerprint density at radius 1 is 1.09 bits per heavy atom. The van der Waals surface area contributed by atoms with Crippen LogP contribution < -0.4 is 14.2 Å². The van der Waals surface area contributed by atoms with Crippen LogP contribution in [-0.2, 0) is 17.1 Å². The summed E-state index contributed by atoms with van der Waals surface area (Å²) in [6.07, 6.45) is 6.23. The molecule has 0 amide bonds. The van der Waals surface area contributed by atoms with Gasteiger partial charge < -0.3 is 14.6 Å². The number of ether oxygens (including phenoxy) is 2. The summed E-state index contributed by atoms with van der Waals surface area (Å²) < 4.78 is 40.8. The highest BCUT2D eigenvalue weighted by Gasteiger charge is 2.20. The van der Waals surface area contributed by atoms with Crippen molar-refractivity contribution in [1.29, 1.82) is 0 Å². The van der Waals surface area contributed by atoms with Gasteiger partial charge in [-0.25, -0.2) is 18.1 Å². The van der Waals surface area contributed by atoms with Crippen molar-refractivity contribution >= 4 is 16.0 Å². The van der Waals surface area contributed by atoms with Crippen LogP contribution in [0.25, 0.3) is 11.3 Å². The van der Waals surface area contributed by atoms with E-state index in [-0.39, 0.29) is 23.3 Å². The zero-order valence-corrected chi connectivity index (χ0v) is 21.4. The van der Waals surface area contributed by atoms with Gasteiger partial charge >= 0.3 is 0 Å². The van der Waals surface area contributed by atoms with E-state index in [1.165, 1.54) is 17.1 Å². The number of unbranched alkanes of at least 4 members (excludes halogenated alkanes) is 2. The molecule has 0 saturated heterocycles. The average Bonchev–Trinajstić information content (AvgIpc) is 3.23. The number of sulfonamides is 1. The van der Waals surface area contributed by atoms with Crippen molar-refractivity contribution in [3.63, 3.8) is 0 Å². The van der Waals surface area contributed by atoms with Crippen molar-refractivity contribution in [2.45, 2.75) is 57.0 Å². The number of aryl methyl sites for hydroxylation is 1. The molecule has 0 atom stereocenters. The van der Waals surface area contributed by atoms with E-state index >= 15 is 0 Å². The molecular formula is C24H33N5O5S. The lowest BCUT2D eigenvalue weighted by atomic mass is 10.1. The van der Waals surface area contributed by atoms with Gasteiger partial charge in [-0.3, -0.25) is 4.68 Å². The van der Waals surface area contributed by atoms with Crippen LogP contribution in [0, 0.1) is 0 Å². The van der Waals surface area contributed by atoms with Gasteiger partial charge in [-0.1, -0.05) is 19.8 Å². The van der Waals surface area contributed by atoms with E-state index in [0.717, 1.165) is 30.6 Å². The smallest absolute Gasteiger partial charge is 0.267 e. The Hall–Kier alpha value is -3.18. The largest absolute Gasteiger partial charge is 0.494 e. The van der Waals surface area contributed by atoms with Crippen molar-refractivity contribution in [3.8, 4) is 22.9 Å². The Morgan fingerprint density at radius 3 is 2.46 bits per heavy atom. The predicted octanol–water partition coefficient (Wildman–Crippen LogP) is 3.79. The molecule has 0 aliphatic carbocycles. The number of aromatic nitrogens is 4. The second kappa shape index (κ2) is 11.5. The van der Waals surface area contributed by atoms with Crippen LogP contribution in [0.4, 0.5) is 5.95 Å². The molecule has 2 heterocycles. The Balaban J connectivity index is 1.84. The molecule has 190 valence electrons. The number of rotatable bonds is 13. The molecular weight excluding hydrogens is 470 g/mol. The lowest BCUT2D eigenvalue weighted by Gasteiger charge is -2.17. The Labute approximate surface area is 206 Å². The first-order chi connectivity index (χ1) is 16.6. The van der Waals surface area contributed by atoms with E-state index in [1.54, 1.807) is 27.0 Å². The van der Waals surface area contributed by atoms with Crippen LogP contribution in [0.3, 0.4) is 0 Å². The quantitative estimate of drug-likeness (QED) is 0.337. The maximum absolute atomic E-state index is 12.8. The monoisotopic (exact) mass is 503 g/mol. The van der Waals surface area contributed by atoms with E-state index < -0.39 is 15.6 Å². The standard InChI is InChI=1S/C24H33N5O5S/c1-5-6-7-13-33-19-10-8-18(9-11-19)21-15-22(34-14-12-24(2,3)30)27-23(26-21)28-35(31,32)20-16-25-29(4)17-20/h8-11,15-17,30H,5-7,12-14H2,1-4H3,(H,26,27,28). The molecule has 11 heteroatoms. The molecule has 0 fully saturated rings. The number of hydrogen-bond donors (Lipinski definition) is 2. The third-order valence-electron chi connectivity index (χ3n) is 5.05. The lowest BCUT2D eigenvalue weighted by molar-refractivity contribution is 0.0547. The van der Waals surface area contributed by atoms with Gasteiger partial charge in [0.2, 0.25) is 11.8 Å². The van der Waals surface area contributed by atoms with Crippen LogP contribution in [-0.4, -0.2) is 52.1 Å². The van der Waals surface area contributed by atoms with Gasteiger partial charge in [0.1, 0.15) is 10.6 Å². The Bertz CT molecular complexity index is 1200. The first-order valence-electron chi connectivity index (χ1n) is 11.5. The number of nitrogens with zero attached hydrogens (tertiary/aromatic N) is 4. The molecule has 2 N–H and O–H groups in total. The molecule has 10 nitrogen and oxygen atoms in total. The fourth-order valence-corrected chi connectivity index (χ4v) is 4.01. The SMILES string of the molecule is CCCCCOc1ccc(-c2cc(OCCC(C)(C)O)nc(NS(=O)(=O)c3cnn(C)c3)n2)cc1. The minimum atomic E-state index is -3.95. The van der Waals surface area contributed by atoms with Gasteiger partial charge in [0, 0.05) is 31.3 Å². The molecule has 3 aromatic rings. The minimum absolute atomic E-state index is 0.0110. The van der Waals surface area contributed by atoms with Gasteiger partial charge in [0.15, 0.2) is 0 Å². The van der Waals surface area contributed by atoms with Crippen molar-refractivity contribution in [3.05, 3.63) is 42.7 Å². The van der Waals surface area contributed by atoms with Gasteiger partial charge in [-0.15, -0.1) is 0 Å². The van der Waals surface area contributed by atoms with Crippen molar-refractivity contribution in [2.75, 3.05) is 17.9 Å². The summed E-state index contributed by atoms with van der Waals surface area (Å²) in [5.74, 6) is 0.797. The van der Waals surface area contributed by atoms with Gasteiger partial charge in [-0.05, 0) is 44.5 Å². The first-order valence-corrected chi connectivity index (χ1v) is 13.0. The second-order valence-corrected chi connectivity index (χ2v) is 10.5. The number of nitrogens with one attached hydrogen (secondary N) is 1. The third kappa shape index (κ3) is 8.22.